The lowest BCUT2D eigenvalue weighted by molar-refractivity contribution is -0.385. The highest BCUT2D eigenvalue weighted by Gasteiger charge is 2.15. The molecule has 0 unspecified atom stereocenters. The minimum Gasteiger partial charge on any atom is -0.490 e. The largest absolute Gasteiger partial charge is 0.490 e. The predicted molar refractivity (Wildman–Crippen MR) is 76.2 cm³/mol. The van der Waals surface area contributed by atoms with Crippen molar-refractivity contribution in [3.8, 4) is 17.2 Å². The summed E-state index contributed by atoms with van der Waals surface area (Å²) in [6, 6.07) is 11.1. The van der Waals surface area contributed by atoms with Crippen LogP contribution in [0.15, 0.2) is 42.5 Å². The van der Waals surface area contributed by atoms with Gasteiger partial charge in [0.2, 0.25) is 0 Å². The van der Waals surface area contributed by atoms with E-state index >= 15 is 0 Å². The van der Waals surface area contributed by atoms with Crippen LogP contribution in [-0.2, 0) is 0 Å². The van der Waals surface area contributed by atoms with E-state index in [0.29, 0.717) is 30.1 Å². The molecule has 0 amide bonds. The Kier molecular flexibility index (Phi) is 4.50. The SMILES string of the molecule is CCOc1ccccc1Oc1ccc([N+](=O)[O-])c(C=O)c1. The zero-order valence-electron chi connectivity index (χ0n) is 11.3. The first-order valence-corrected chi connectivity index (χ1v) is 6.29. The Morgan fingerprint density at radius 3 is 2.52 bits per heavy atom. The van der Waals surface area contributed by atoms with E-state index < -0.39 is 4.92 Å². The summed E-state index contributed by atoms with van der Waals surface area (Å²) >= 11 is 0. The third-order valence-electron chi connectivity index (χ3n) is 2.70. The maximum Gasteiger partial charge on any atom is 0.280 e. The molecule has 21 heavy (non-hydrogen) atoms. The van der Waals surface area contributed by atoms with E-state index in [1.807, 2.05) is 13.0 Å². The molecule has 2 aromatic rings. The zero-order chi connectivity index (χ0) is 15.2. The van der Waals surface area contributed by atoms with Gasteiger partial charge < -0.3 is 9.47 Å². The van der Waals surface area contributed by atoms with E-state index in [2.05, 4.69) is 0 Å². The summed E-state index contributed by atoms with van der Waals surface area (Å²) in [6.07, 6.45) is 0.430. The molecule has 0 aromatic heterocycles. The minimum absolute atomic E-state index is 0.0357. The maximum atomic E-state index is 10.9. The summed E-state index contributed by atoms with van der Waals surface area (Å²) in [5.41, 5.74) is -0.290. The molecule has 0 heterocycles. The van der Waals surface area contributed by atoms with Crippen LogP contribution in [0.5, 0.6) is 17.2 Å². The molecule has 6 nitrogen and oxygen atoms in total. The zero-order valence-corrected chi connectivity index (χ0v) is 11.3. The number of aldehydes is 1. The van der Waals surface area contributed by atoms with Gasteiger partial charge in [-0.2, -0.15) is 0 Å². The Balaban J connectivity index is 2.32. The summed E-state index contributed by atoms with van der Waals surface area (Å²) in [7, 11) is 0. The van der Waals surface area contributed by atoms with Gasteiger partial charge in [-0.3, -0.25) is 14.9 Å². The molecule has 6 heteroatoms. The molecule has 0 bridgehead atoms. The highest BCUT2D eigenvalue weighted by atomic mass is 16.6. The monoisotopic (exact) mass is 287 g/mol. The average Bonchev–Trinajstić information content (AvgIpc) is 2.49. The molecule has 108 valence electrons. The fraction of sp³-hybridized carbons (Fsp3) is 0.133. The summed E-state index contributed by atoms with van der Waals surface area (Å²) in [4.78, 5) is 21.1. The first-order valence-electron chi connectivity index (χ1n) is 6.29. The third kappa shape index (κ3) is 3.36. The molecule has 0 atom stereocenters. The van der Waals surface area contributed by atoms with Crippen LogP contribution in [0.25, 0.3) is 0 Å². The molecule has 2 aromatic carbocycles. The van der Waals surface area contributed by atoms with Crippen molar-refractivity contribution in [2.45, 2.75) is 6.92 Å². The van der Waals surface area contributed by atoms with Gasteiger partial charge in [-0.1, -0.05) is 12.1 Å². The Bertz CT molecular complexity index is 669. The average molecular weight is 287 g/mol. The number of benzene rings is 2. The highest BCUT2D eigenvalue weighted by Crippen LogP contribution is 2.32. The van der Waals surface area contributed by atoms with Crippen LogP contribution in [0, 0.1) is 10.1 Å². The summed E-state index contributed by atoms with van der Waals surface area (Å²) < 4.78 is 11.1. The van der Waals surface area contributed by atoms with Gasteiger partial charge >= 0.3 is 0 Å². The van der Waals surface area contributed by atoms with Crippen LogP contribution in [-0.4, -0.2) is 17.8 Å². The fourth-order valence-electron chi connectivity index (χ4n) is 1.79. The topological polar surface area (TPSA) is 78.7 Å². The van der Waals surface area contributed by atoms with Gasteiger partial charge in [0.15, 0.2) is 17.8 Å². The van der Waals surface area contributed by atoms with Crippen molar-refractivity contribution in [3.05, 3.63) is 58.1 Å². The van der Waals surface area contributed by atoms with Gasteiger partial charge in [-0.25, -0.2) is 0 Å². The first-order chi connectivity index (χ1) is 10.2. The van der Waals surface area contributed by atoms with Crippen molar-refractivity contribution in [2.24, 2.45) is 0 Å². The van der Waals surface area contributed by atoms with Crippen LogP contribution < -0.4 is 9.47 Å². The van der Waals surface area contributed by atoms with E-state index in [-0.39, 0.29) is 11.3 Å². The lowest BCUT2D eigenvalue weighted by Gasteiger charge is -2.11. The Hall–Kier alpha value is -2.89. The highest BCUT2D eigenvalue weighted by molar-refractivity contribution is 5.82. The number of ether oxygens (including phenoxy) is 2. The standard InChI is InChI=1S/C15H13NO5/c1-2-20-14-5-3-4-6-15(14)21-12-7-8-13(16(18)19)11(9-12)10-17/h3-10H,2H2,1H3. The number of nitro benzene ring substituents is 1. The van der Waals surface area contributed by atoms with Crippen molar-refractivity contribution < 1.29 is 19.2 Å². The Labute approximate surface area is 121 Å². The van der Waals surface area contributed by atoms with Crippen molar-refractivity contribution in [1.82, 2.24) is 0 Å². The van der Waals surface area contributed by atoms with E-state index in [9.17, 15) is 14.9 Å². The number of hydrogen-bond acceptors (Lipinski definition) is 5. The second-order valence-corrected chi connectivity index (χ2v) is 4.08. The second-order valence-electron chi connectivity index (χ2n) is 4.08. The number of para-hydroxylation sites is 2. The fourth-order valence-corrected chi connectivity index (χ4v) is 1.79. The van der Waals surface area contributed by atoms with Crippen LogP contribution in [0.3, 0.4) is 0 Å². The van der Waals surface area contributed by atoms with Crippen molar-refractivity contribution in [3.63, 3.8) is 0 Å². The number of nitro groups is 1. The molecule has 0 aliphatic carbocycles. The summed E-state index contributed by atoms with van der Waals surface area (Å²) in [5, 5.41) is 10.8. The Morgan fingerprint density at radius 1 is 1.19 bits per heavy atom. The molecule has 0 radical (unpaired) electrons. The molecule has 0 aliphatic rings. The quantitative estimate of drug-likeness (QED) is 0.461. The van der Waals surface area contributed by atoms with Crippen molar-refractivity contribution in [1.29, 1.82) is 0 Å². The summed E-state index contributed by atoms with van der Waals surface area (Å²) in [5.74, 6) is 1.37. The van der Waals surface area contributed by atoms with Crippen LogP contribution >= 0.6 is 0 Å². The Morgan fingerprint density at radius 2 is 1.90 bits per heavy atom. The van der Waals surface area contributed by atoms with E-state index in [0.717, 1.165) is 0 Å². The number of nitrogens with zero attached hydrogens (tertiary/aromatic N) is 1. The first kappa shape index (κ1) is 14.5. The van der Waals surface area contributed by atoms with E-state index in [4.69, 9.17) is 9.47 Å². The third-order valence-corrected chi connectivity index (χ3v) is 2.70. The molecule has 2 rings (SSSR count). The second kappa shape index (κ2) is 6.51. The molecule has 0 aliphatic heterocycles. The molecule has 0 saturated heterocycles. The molecule has 0 fully saturated rings. The molecular formula is C15H13NO5. The number of hydrogen-bond donors (Lipinski definition) is 0. The molecule has 0 N–H and O–H groups in total. The van der Waals surface area contributed by atoms with Crippen molar-refractivity contribution in [2.75, 3.05) is 6.61 Å². The van der Waals surface area contributed by atoms with Crippen molar-refractivity contribution >= 4 is 12.0 Å². The van der Waals surface area contributed by atoms with Gasteiger partial charge in [-0.05, 0) is 31.2 Å². The van der Waals surface area contributed by atoms with Gasteiger partial charge in [-0.15, -0.1) is 0 Å². The summed E-state index contributed by atoms with van der Waals surface area (Å²) in [6.45, 7) is 2.34. The maximum absolute atomic E-state index is 10.9. The van der Waals surface area contributed by atoms with Crippen LogP contribution in [0.2, 0.25) is 0 Å². The number of carbonyl (C=O) groups excluding carboxylic acids is 1. The molecule has 0 spiro atoms. The van der Waals surface area contributed by atoms with Gasteiger partial charge in [0.1, 0.15) is 5.75 Å². The molecule has 0 saturated carbocycles. The van der Waals surface area contributed by atoms with Gasteiger partial charge in [0, 0.05) is 6.07 Å². The van der Waals surface area contributed by atoms with Crippen LogP contribution in [0.1, 0.15) is 17.3 Å². The van der Waals surface area contributed by atoms with E-state index in [1.165, 1.54) is 18.2 Å². The minimum atomic E-state index is -0.609. The lowest BCUT2D eigenvalue weighted by Crippen LogP contribution is -1.97. The smallest absolute Gasteiger partial charge is 0.280 e. The number of carbonyl (C=O) groups is 1. The lowest BCUT2D eigenvalue weighted by atomic mass is 10.2. The van der Waals surface area contributed by atoms with E-state index in [1.54, 1.807) is 18.2 Å². The predicted octanol–water partition coefficient (Wildman–Crippen LogP) is 3.60. The normalized spacial score (nSPS) is 9.95. The van der Waals surface area contributed by atoms with Crippen LogP contribution in [0.4, 0.5) is 5.69 Å². The molecular weight excluding hydrogens is 274 g/mol. The van der Waals surface area contributed by atoms with Gasteiger partial charge in [0.05, 0.1) is 17.1 Å². The number of rotatable bonds is 6. The van der Waals surface area contributed by atoms with Gasteiger partial charge in [0.25, 0.3) is 5.69 Å².